The van der Waals surface area contributed by atoms with Crippen LogP contribution in [0.25, 0.3) is 0 Å². The lowest BCUT2D eigenvalue weighted by atomic mass is 10.1. The van der Waals surface area contributed by atoms with Crippen molar-refractivity contribution in [2.45, 2.75) is 6.10 Å². The van der Waals surface area contributed by atoms with E-state index in [9.17, 15) is 9.18 Å². The Labute approximate surface area is 84.8 Å². The summed E-state index contributed by atoms with van der Waals surface area (Å²) in [5, 5.41) is 2.48. The number of nitrogens with one attached hydrogen (secondary N) is 1. The van der Waals surface area contributed by atoms with Crippen LogP contribution in [-0.4, -0.2) is 12.6 Å². The van der Waals surface area contributed by atoms with Crippen LogP contribution in [0.5, 0.6) is 0 Å². The van der Waals surface area contributed by atoms with Gasteiger partial charge in [0, 0.05) is 5.56 Å². The maximum Gasteiger partial charge on any atom is 0.407 e. The second kappa shape index (κ2) is 3.46. The van der Waals surface area contributed by atoms with Gasteiger partial charge in [0.05, 0.1) is 11.6 Å². The SMILES string of the molecule is O=C1NCC(c2cccc(Cl)c2F)O1. The normalized spacial score (nSPS) is 20.4. The van der Waals surface area contributed by atoms with Crippen LogP contribution >= 0.6 is 11.6 Å². The van der Waals surface area contributed by atoms with Crippen LogP contribution in [0.2, 0.25) is 5.02 Å². The molecule has 0 spiro atoms. The van der Waals surface area contributed by atoms with Crippen LogP contribution in [0.3, 0.4) is 0 Å². The Bertz CT molecular complexity index is 383. The van der Waals surface area contributed by atoms with E-state index in [1.54, 1.807) is 12.1 Å². The fraction of sp³-hybridized carbons (Fsp3) is 0.222. The summed E-state index contributed by atoms with van der Waals surface area (Å²) in [5.74, 6) is -0.532. The summed E-state index contributed by atoms with van der Waals surface area (Å²) in [5.41, 5.74) is 0.302. The van der Waals surface area contributed by atoms with Gasteiger partial charge in [0.2, 0.25) is 0 Å². The number of rotatable bonds is 1. The summed E-state index contributed by atoms with van der Waals surface area (Å²) in [4.78, 5) is 10.7. The number of amides is 1. The van der Waals surface area contributed by atoms with Gasteiger partial charge >= 0.3 is 6.09 Å². The molecule has 0 radical (unpaired) electrons. The van der Waals surface area contributed by atoms with E-state index in [1.807, 2.05) is 0 Å². The van der Waals surface area contributed by atoms with Crippen molar-refractivity contribution in [2.24, 2.45) is 0 Å². The first-order valence-electron chi connectivity index (χ1n) is 4.07. The Balaban J connectivity index is 2.32. The predicted molar refractivity (Wildman–Crippen MR) is 48.6 cm³/mol. The zero-order valence-corrected chi connectivity index (χ0v) is 7.84. The monoisotopic (exact) mass is 215 g/mol. The second-order valence-corrected chi connectivity index (χ2v) is 3.33. The van der Waals surface area contributed by atoms with Gasteiger partial charge in [-0.3, -0.25) is 0 Å². The molecule has 1 atom stereocenters. The fourth-order valence-electron chi connectivity index (χ4n) is 1.33. The van der Waals surface area contributed by atoms with E-state index in [4.69, 9.17) is 16.3 Å². The molecule has 0 saturated carbocycles. The molecule has 1 aliphatic rings. The van der Waals surface area contributed by atoms with Crippen molar-refractivity contribution in [1.29, 1.82) is 0 Å². The van der Waals surface area contributed by atoms with Gasteiger partial charge in [-0.15, -0.1) is 0 Å². The molecule has 1 unspecified atom stereocenters. The summed E-state index contributed by atoms with van der Waals surface area (Å²) >= 11 is 5.59. The number of carbonyl (C=O) groups excluding carboxylic acids is 1. The van der Waals surface area contributed by atoms with E-state index in [0.29, 0.717) is 5.56 Å². The minimum atomic E-state index is -0.582. The average Bonchev–Trinajstić information content (AvgIpc) is 2.57. The molecule has 5 heteroatoms. The standard InChI is InChI=1S/C9H7ClFNO2/c10-6-3-1-2-5(8(6)11)7-4-12-9(13)14-7/h1-3,7H,4H2,(H,12,13). The van der Waals surface area contributed by atoms with Crippen molar-refractivity contribution < 1.29 is 13.9 Å². The molecule has 1 aromatic carbocycles. The van der Waals surface area contributed by atoms with Crippen molar-refractivity contribution in [3.05, 3.63) is 34.6 Å². The number of hydrogen-bond donors (Lipinski definition) is 1. The summed E-state index contributed by atoms with van der Waals surface area (Å²) in [6.45, 7) is 0.274. The molecule has 1 saturated heterocycles. The lowest BCUT2D eigenvalue weighted by Crippen LogP contribution is -2.12. The number of cyclic esters (lactones) is 1. The van der Waals surface area contributed by atoms with Crippen molar-refractivity contribution >= 4 is 17.7 Å². The lowest BCUT2D eigenvalue weighted by molar-refractivity contribution is 0.139. The molecule has 1 fully saturated rings. The Morgan fingerprint density at radius 2 is 2.36 bits per heavy atom. The molecule has 2 rings (SSSR count). The molecule has 0 aliphatic carbocycles. The van der Waals surface area contributed by atoms with Crippen LogP contribution in [0.15, 0.2) is 18.2 Å². The van der Waals surface area contributed by atoms with Gasteiger partial charge in [-0.2, -0.15) is 0 Å². The Morgan fingerprint density at radius 1 is 1.57 bits per heavy atom. The summed E-state index contributed by atoms with van der Waals surface area (Å²) in [7, 11) is 0. The Morgan fingerprint density at radius 3 is 3.00 bits per heavy atom. The lowest BCUT2D eigenvalue weighted by Gasteiger charge is -2.09. The van der Waals surface area contributed by atoms with E-state index < -0.39 is 18.0 Å². The molecule has 1 N–H and O–H groups in total. The van der Waals surface area contributed by atoms with E-state index in [1.165, 1.54) is 6.07 Å². The molecule has 0 aromatic heterocycles. The van der Waals surface area contributed by atoms with Gasteiger partial charge in [0.1, 0.15) is 11.9 Å². The molecule has 1 amide bonds. The zero-order chi connectivity index (χ0) is 10.1. The van der Waals surface area contributed by atoms with Crippen LogP contribution in [-0.2, 0) is 4.74 Å². The van der Waals surface area contributed by atoms with E-state index in [0.717, 1.165) is 0 Å². The molecular formula is C9H7ClFNO2. The predicted octanol–water partition coefficient (Wildman–Crippen LogP) is 2.26. The summed E-state index contributed by atoms with van der Waals surface area (Å²) in [6, 6.07) is 4.61. The highest BCUT2D eigenvalue weighted by Gasteiger charge is 2.27. The number of ether oxygens (including phenoxy) is 1. The van der Waals surface area contributed by atoms with Crippen LogP contribution in [0.1, 0.15) is 11.7 Å². The third-order valence-corrected chi connectivity index (χ3v) is 2.30. The fourth-order valence-corrected chi connectivity index (χ4v) is 1.51. The molecule has 1 heterocycles. The largest absolute Gasteiger partial charge is 0.439 e. The minimum Gasteiger partial charge on any atom is -0.439 e. The molecule has 3 nitrogen and oxygen atoms in total. The third kappa shape index (κ3) is 1.53. The molecule has 1 aliphatic heterocycles. The molecule has 0 bridgehead atoms. The maximum atomic E-state index is 13.4. The number of halogens is 2. The highest BCUT2D eigenvalue weighted by molar-refractivity contribution is 6.30. The first-order valence-corrected chi connectivity index (χ1v) is 4.44. The van der Waals surface area contributed by atoms with Gasteiger partial charge in [0.15, 0.2) is 0 Å². The van der Waals surface area contributed by atoms with Crippen LogP contribution < -0.4 is 5.32 Å². The maximum absolute atomic E-state index is 13.4. The first-order chi connectivity index (χ1) is 6.68. The second-order valence-electron chi connectivity index (χ2n) is 2.92. The number of carbonyl (C=O) groups is 1. The van der Waals surface area contributed by atoms with E-state index in [-0.39, 0.29) is 11.6 Å². The smallest absolute Gasteiger partial charge is 0.407 e. The molecule has 74 valence electrons. The summed E-state index contributed by atoms with van der Waals surface area (Å²) in [6.07, 6.45) is -1.12. The third-order valence-electron chi connectivity index (χ3n) is 2.01. The highest BCUT2D eigenvalue weighted by Crippen LogP contribution is 2.27. The van der Waals surface area contributed by atoms with E-state index >= 15 is 0 Å². The number of benzene rings is 1. The van der Waals surface area contributed by atoms with Crippen molar-refractivity contribution in [3.8, 4) is 0 Å². The number of alkyl carbamates (subject to hydrolysis) is 1. The number of hydrogen-bond acceptors (Lipinski definition) is 2. The molecule has 1 aromatic rings. The quantitative estimate of drug-likeness (QED) is 0.781. The van der Waals surface area contributed by atoms with Gasteiger partial charge in [-0.25, -0.2) is 9.18 Å². The summed E-state index contributed by atoms with van der Waals surface area (Å²) < 4.78 is 18.3. The highest BCUT2D eigenvalue weighted by atomic mass is 35.5. The molecular weight excluding hydrogens is 209 g/mol. The van der Waals surface area contributed by atoms with Crippen molar-refractivity contribution in [1.82, 2.24) is 5.32 Å². The average molecular weight is 216 g/mol. The first kappa shape index (κ1) is 9.27. The van der Waals surface area contributed by atoms with Crippen molar-refractivity contribution in [2.75, 3.05) is 6.54 Å². The van der Waals surface area contributed by atoms with Crippen LogP contribution in [0.4, 0.5) is 9.18 Å². The van der Waals surface area contributed by atoms with Crippen molar-refractivity contribution in [3.63, 3.8) is 0 Å². The zero-order valence-electron chi connectivity index (χ0n) is 7.09. The van der Waals surface area contributed by atoms with Crippen LogP contribution in [0, 0.1) is 5.82 Å². The Kier molecular flexibility index (Phi) is 2.29. The van der Waals surface area contributed by atoms with Gasteiger partial charge in [-0.1, -0.05) is 23.7 Å². The minimum absolute atomic E-state index is 0.0328. The van der Waals surface area contributed by atoms with E-state index in [2.05, 4.69) is 5.32 Å². The van der Waals surface area contributed by atoms with Gasteiger partial charge in [0.25, 0.3) is 0 Å². The molecule has 14 heavy (non-hydrogen) atoms. The van der Waals surface area contributed by atoms with Gasteiger partial charge < -0.3 is 10.1 Å². The van der Waals surface area contributed by atoms with Gasteiger partial charge in [-0.05, 0) is 6.07 Å². The topological polar surface area (TPSA) is 38.3 Å². The Hall–Kier alpha value is -1.29.